The molecular weight excluding hydrogens is 777 g/mol. The number of hydrogen-bond donors (Lipinski definition) is 2. The minimum absolute atomic E-state index is 0.00211. The SMILES string of the molecule is [2H]C([2H])([2H])NC(=O)N1CCc2c(-c3cc(OC)c(CN4[C@H](C)CN(CCC5CCN(c6ccc7c(c6)C(=O)N(C6CCC(=O)NC6=O)C7)CC5)C[C@H]4C)c(OC)c3)cn(C)c(=O)c2C1. The van der Waals surface area contributed by atoms with Crippen LogP contribution in [-0.2, 0) is 42.7 Å². The van der Waals surface area contributed by atoms with E-state index in [1.165, 1.54) is 9.47 Å². The maximum absolute atomic E-state index is 13.4. The molecule has 0 spiro atoms. The first kappa shape index (κ1) is 38.5. The minimum atomic E-state index is -2.63. The molecule has 2 aromatic carbocycles. The number of piperazine rings is 1. The number of piperidine rings is 2. The van der Waals surface area contributed by atoms with Crippen LogP contribution in [0.2, 0.25) is 0 Å². The number of nitrogens with zero attached hydrogens (tertiary/aromatic N) is 6. The fourth-order valence-corrected chi connectivity index (χ4v) is 10.3. The van der Waals surface area contributed by atoms with Crippen LogP contribution in [0.5, 0.6) is 11.5 Å². The number of amides is 5. The van der Waals surface area contributed by atoms with Gasteiger partial charge in [0.15, 0.2) is 0 Å². The van der Waals surface area contributed by atoms with Crippen molar-refractivity contribution in [1.29, 1.82) is 0 Å². The second-order valence-electron chi connectivity index (χ2n) is 17.5. The number of ether oxygens (including phenoxy) is 2. The zero-order chi connectivity index (χ0) is 45.6. The topological polar surface area (TPSA) is 149 Å². The molecule has 5 aliphatic heterocycles. The molecule has 8 rings (SSSR count). The Morgan fingerprint density at radius 3 is 2.30 bits per heavy atom. The van der Waals surface area contributed by atoms with Crippen LogP contribution in [0.1, 0.15) is 82.7 Å². The summed E-state index contributed by atoms with van der Waals surface area (Å²) in [6.07, 6.45) is 6.07. The van der Waals surface area contributed by atoms with Gasteiger partial charge in [0.25, 0.3) is 11.5 Å². The van der Waals surface area contributed by atoms with E-state index in [0.717, 1.165) is 85.5 Å². The predicted octanol–water partition coefficient (Wildman–Crippen LogP) is 3.73. The standard InChI is InChI=1S/C46H60N8O7/c1-28-22-50(15-11-30-12-16-51(17-13-30)33-8-7-31-24-54(45(58)35(31)21-33)39-9-10-42(55)48-43(39)56)23-29(2)53(28)27-38-40(60-5)19-32(20-41(38)61-6)36-25-49(4)44(57)37-26-52(46(59)47-3)18-14-34(36)37/h7-8,19-21,25,28-30,39H,9-18,22-24,26-27H2,1-6H3,(H,47,59)(H,48,55,56)/t28-,29-,39?/m1/s1/i3D3. The molecule has 3 saturated heterocycles. The highest BCUT2D eigenvalue weighted by atomic mass is 16.5. The maximum atomic E-state index is 13.4. The Kier molecular flexibility index (Phi) is 11.1. The maximum Gasteiger partial charge on any atom is 0.317 e. The lowest BCUT2D eigenvalue weighted by Crippen LogP contribution is -2.56. The van der Waals surface area contributed by atoms with Crippen molar-refractivity contribution in [3.63, 3.8) is 0 Å². The summed E-state index contributed by atoms with van der Waals surface area (Å²) in [5.41, 5.74) is 6.25. The molecule has 61 heavy (non-hydrogen) atoms. The van der Waals surface area contributed by atoms with Crippen molar-refractivity contribution in [2.75, 3.05) is 65.4 Å². The Bertz CT molecular complexity index is 2340. The van der Waals surface area contributed by atoms with E-state index in [4.69, 9.17) is 13.6 Å². The number of aryl methyl sites for hydroxylation is 1. The largest absolute Gasteiger partial charge is 0.496 e. The third kappa shape index (κ3) is 8.33. The van der Waals surface area contributed by atoms with Crippen LogP contribution in [0, 0.1) is 5.92 Å². The Morgan fingerprint density at radius 1 is 0.902 bits per heavy atom. The lowest BCUT2D eigenvalue weighted by atomic mass is 9.91. The van der Waals surface area contributed by atoms with E-state index in [9.17, 15) is 24.0 Å². The van der Waals surface area contributed by atoms with Crippen LogP contribution in [0.25, 0.3) is 11.1 Å². The van der Waals surface area contributed by atoms with Gasteiger partial charge in [0.1, 0.15) is 17.5 Å². The quantitative estimate of drug-likeness (QED) is 0.290. The summed E-state index contributed by atoms with van der Waals surface area (Å²) in [7, 11) is 4.98. The normalized spacial score (nSPS) is 23.5. The molecule has 2 N–H and O–H groups in total. The fraction of sp³-hybridized carbons (Fsp3) is 0.543. The summed E-state index contributed by atoms with van der Waals surface area (Å²) in [6, 6.07) is 9.27. The van der Waals surface area contributed by atoms with Crippen LogP contribution in [0.3, 0.4) is 0 Å². The summed E-state index contributed by atoms with van der Waals surface area (Å²) in [6.45, 7) is 7.96. The molecule has 3 fully saturated rings. The number of carbonyl (C=O) groups excluding carboxylic acids is 4. The van der Waals surface area contributed by atoms with Gasteiger partial charge in [0.05, 0.1) is 26.3 Å². The molecule has 15 heteroatoms. The molecule has 5 amide bonds. The third-order valence-corrected chi connectivity index (χ3v) is 13.7. The van der Waals surface area contributed by atoms with Crippen molar-refractivity contribution in [2.24, 2.45) is 13.0 Å². The molecule has 0 bridgehead atoms. The van der Waals surface area contributed by atoms with Gasteiger partial charge in [-0.05, 0) is 99.4 Å². The molecule has 1 unspecified atom stereocenters. The van der Waals surface area contributed by atoms with Crippen molar-refractivity contribution >= 4 is 29.4 Å². The highest BCUT2D eigenvalue weighted by molar-refractivity contribution is 6.05. The monoisotopic (exact) mass is 839 g/mol. The van der Waals surface area contributed by atoms with Crippen LogP contribution >= 0.6 is 0 Å². The number of methoxy groups -OCH3 is 2. The van der Waals surface area contributed by atoms with E-state index in [1.54, 1.807) is 32.4 Å². The summed E-state index contributed by atoms with van der Waals surface area (Å²) in [5.74, 6) is 1.16. The number of nitrogens with one attached hydrogen (secondary N) is 2. The van der Waals surface area contributed by atoms with Crippen molar-refractivity contribution < 1.29 is 32.8 Å². The van der Waals surface area contributed by atoms with Gasteiger partial charge in [-0.1, -0.05) is 6.07 Å². The van der Waals surface area contributed by atoms with Crippen LogP contribution in [-0.4, -0.2) is 127 Å². The highest BCUT2D eigenvalue weighted by Crippen LogP contribution is 2.39. The second kappa shape index (κ2) is 17.5. The third-order valence-electron chi connectivity index (χ3n) is 13.7. The summed E-state index contributed by atoms with van der Waals surface area (Å²) < 4.78 is 35.9. The van der Waals surface area contributed by atoms with Crippen LogP contribution < -0.4 is 30.6 Å². The highest BCUT2D eigenvalue weighted by Gasteiger charge is 2.40. The number of imide groups is 1. The zero-order valence-electron chi connectivity index (χ0n) is 38.9. The first-order chi connectivity index (χ1) is 30.5. The number of aromatic nitrogens is 1. The van der Waals surface area contributed by atoms with Gasteiger partial charge in [0, 0.05) is 111 Å². The van der Waals surface area contributed by atoms with Crippen molar-refractivity contribution in [1.82, 2.24) is 34.8 Å². The van der Waals surface area contributed by atoms with E-state index >= 15 is 0 Å². The van der Waals surface area contributed by atoms with Gasteiger partial charge in [-0.3, -0.25) is 29.4 Å². The lowest BCUT2D eigenvalue weighted by Gasteiger charge is -2.45. The van der Waals surface area contributed by atoms with Gasteiger partial charge < -0.3 is 39.0 Å². The molecule has 15 nitrogen and oxygen atoms in total. The summed E-state index contributed by atoms with van der Waals surface area (Å²) in [5, 5.41) is 4.41. The first-order valence-corrected chi connectivity index (χ1v) is 21.6. The Hall–Kier alpha value is -5.41. The molecule has 1 aromatic heterocycles. The Balaban J connectivity index is 0.868. The van der Waals surface area contributed by atoms with Gasteiger partial charge in [-0.15, -0.1) is 0 Å². The molecule has 326 valence electrons. The number of anilines is 1. The van der Waals surface area contributed by atoms with Gasteiger partial charge in [0.2, 0.25) is 11.8 Å². The van der Waals surface area contributed by atoms with Crippen molar-refractivity contribution in [2.45, 2.75) is 90.1 Å². The second-order valence-corrected chi connectivity index (χ2v) is 17.5. The average Bonchev–Trinajstić information content (AvgIpc) is 3.59. The fourth-order valence-electron chi connectivity index (χ4n) is 10.3. The molecule has 0 aliphatic carbocycles. The molecule has 3 aromatic rings. The van der Waals surface area contributed by atoms with E-state index in [0.29, 0.717) is 54.5 Å². The molecule has 6 heterocycles. The molecule has 3 atom stereocenters. The number of benzene rings is 2. The van der Waals surface area contributed by atoms with E-state index in [2.05, 4.69) is 39.9 Å². The molecule has 0 radical (unpaired) electrons. The van der Waals surface area contributed by atoms with E-state index in [1.807, 2.05) is 29.6 Å². The minimum Gasteiger partial charge on any atom is -0.496 e. The lowest BCUT2D eigenvalue weighted by molar-refractivity contribution is -0.136. The van der Waals surface area contributed by atoms with E-state index < -0.39 is 25.0 Å². The van der Waals surface area contributed by atoms with Gasteiger partial charge >= 0.3 is 6.03 Å². The number of urea groups is 1. The predicted molar refractivity (Wildman–Crippen MR) is 232 cm³/mol. The zero-order valence-corrected chi connectivity index (χ0v) is 35.9. The van der Waals surface area contributed by atoms with E-state index in [-0.39, 0.29) is 49.0 Å². The number of rotatable bonds is 10. The Morgan fingerprint density at radius 2 is 1.62 bits per heavy atom. The first-order valence-electron chi connectivity index (χ1n) is 23.1. The summed E-state index contributed by atoms with van der Waals surface area (Å²) in [4.78, 5) is 74.1. The molecule has 5 aliphatic rings. The van der Waals surface area contributed by atoms with Crippen LogP contribution in [0.4, 0.5) is 10.5 Å². The van der Waals surface area contributed by atoms with Crippen molar-refractivity contribution in [3.8, 4) is 22.6 Å². The van der Waals surface area contributed by atoms with Crippen molar-refractivity contribution in [3.05, 3.63) is 74.7 Å². The summed E-state index contributed by atoms with van der Waals surface area (Å²) >= 11 is 0. The van der Waals surface area contributed by atoms with Gasteiger partial charge in [-0.25, -0.2) is 4.79 Å². The smallest absolute Gasteiger partial charge is 0.317 e. The number of pyridine rings is 1. The van der Waals surface area contributed by atoms with Gasteiger partial charge in [-0.2, -0.15) is 0 Å². The Labute approximate surface area is 362 Å². The molecule has 0 saturated carbocycles. The van der Waals surface area contributed by atoms with Crippen LogP contribution in [0.15, 0.2) is 41.3 Å². The molecular formula is C46H60N8O7. The number of hydrogen-bond acceptors (Lipinski definition) is 10. The average molecular weight is 840 g/mol. The number of fused-ring (bicyclic) bond motifs is 2. The number of carbonyl (C=O) groups is 4.